The zero-order chi connectivity index (χ0) is 23.2. The van der Waals surface area contributed by atoms with Gasteiger partial charge in [0.1, 0.15) is 0 Å². The third-order valence-corrected chi connectivity index (χ3v) is 6.84. The third-order valence-electron chi connectivity index (χ3n) is 4.25. The van der Waals surface area contributed by atoms with Gasteiger partial charge in [0.15, 0.2) is 16.4 Å². The zero-order valence-electron chi connectivity index (χ0n) is 17.3. The van der Waals surface area contributed by atoms with Crippen LogP contribution in [0.25, 0.3) is 0 Å². The minimum Gasteiger partial charge on any atom is -0.456 e. The van der Waals surface area contributed by atoms with Crippen LogP contribution in [0.2, 0.25) is 0 Å². The van der Waals surface area contributed by atoms with Gasteiger partial charge in [0.05, 0.1) is 17.1 Å². The Labute approximate surface area is 189 Å². The van der Waals surface area contributed by atoms with Gasteiger partial charge in [-0.3, -0.25) is 14.4 Å². The lowest BCUT2D eigenvalue weighted by Gasteiger charge is -2.11. The number of halogens is 1. The van der Waals surface area contributed by atoms with Gasteiger partial charge in [0, 0.05) is 22.8 Å². The first-order valence-electron chi connectivity index (χ1n) is 9.30. The van der Waals surface area contributed by atoms with E-state index in [1.165, 1.54) is 31.2 Å². The molecule has 0 aliphatic carbocycles. The van der Waals surface area contributed by atoms with Crippen LogP contribution in [0.3, 0.4) is 0 Å². The van der Waals surface area contributed by atoms with Crippen LogP contribution >= 0.6 is 15.9 Å². The summed E-state index contributed by atoms with van der Waals surface area (Å²) in [7, 11) is -3.72. The highest BCUT2D eigenvalue weighted by Crippen LogP contribution is 2.24. The Kier molecular flexibility index (Phi) is 8.35. The molecular weight excluding hydrogens is 488 g/mol. The molecular formula is C21H23BrN2O6S. The van der Waals surface area contributed by atoms with Crippen molar-refractivity contribution in [3.63, 3.8) is 0 Å². The van der Waals surface area contributed by atoms with Crippen LogP contribution in [0, 0.1) is 13.8 Å². The Balaban J connectivity index is 1.85. The number of rotatable bonds is 8. The van der Waals surface area contributed by atoms with Crippen LogP contribution < -0.4 is 10.6 Å². The maximum atomic E-state index is 12.4. The summed E-state index contributed by atoms with van der Waals surface area (Å²) < 4.78 is 30.5. The fraction of sp³-hybridized carbons (Fsp3) is 0.286. The van der Waals surface area contributed by atoms with Crippen molar-refractivity contribution in [3.05, 3.63) is 52.0 Å². The lowest BCUT2D eigenvalue weighted by Crippen LogP contribution is -2.22. The number of anilines is 2. The molecule has 166 valence electrons. The lowest BCUT2D eigenvalue weighted by molar-refractivity contribution is -0.146. The first-order chi connectivity index (χ1) is 14.5. The topological polar surface area (TPSA) is 119 Å². The van der Waals surface area contributed by atoms with Crippen molar-refractivity contribution >= 4 is 54.9 Å². The Hall–Kier alpha value is -2.72. The van der Waals surface area contributed by atoms with Crippen LogP contribution in [0.15, 0.2) is 45.8 Å². The summed E-state index contributed by atoms with van der Waals surface area (Å²) in [5.74, 6) is -2.04. The molecule has 2 rings (SSSR count). The van der Waals surface area contributed by atoms with Crippen molar-refractivity contribution in [1.82, 2.24) is 0 Å². The first-order valence-corrected chi connectivity index (χ1v) is 11.7. The fourth-order valence-corrected chi connectivity index (χ4v) is 4.28. The van der Waals surface area contributed by atoms with E-state index in [-0.39, 0.29) is 17.2 Å². The second kappa shape index (κ2) is 10.5. The highest BCUT2D eigenvalue weighted by molar-refractivity contribution is 9.10. The Bertz CT molecular complexity index is 1100. The summed E-state index contributed by atoms with van der Waals surface area (Å²) in [6.07, 6.45) is -0.389. The van der Waals surface area contributed by atoms with Crippen LogP contribution in [-0.2, 0) is 29.0 Å². The molecule has 0 fully saturated rings. The van der Waals surface area contributed by atoms with E-state index in [1.807, 2.05) is 19.9 Å². The number of benzene rings is 2. The number of hydrogen-bond donors (Lipinski definition) is 2. The fourth-order valence-electron chi connectivity index (χ4n) is 2.60. The number of ether oxygens (including phenoxy) is 1. The molecule has 31 heavy (non-hydrogen) atoms. The third kappa shape index (κ3) is 7.48. The van der Waals surface area contributed by atoms with Gasteiger partial charge in [-0.1, -0.05) is 15.9 Å². The van der Waals surface area contributed by atoms with E-state index in [9.17, 15) is 22.8 Å². The summed E-state index contributed by atoms with van der Waals surface area (Å²) in [5, 5.41) is 5.20. The maximum Gasteiger partial charge on any atom is 0.307 e. The molecule has 8 nitrogen and oxygen atoms in total. The molecule has 0 aliphatic rings. The molecule has 0 heterocycles. The number of nitrogens with one attached hydrogen (secondary N) is 2. The minimum atomic E-state index is -3.72. The average molecular weight is 511 g/mol. The molecule has 2 aromatic carbocycles. The van der Waals surface area contributed by atoms with E-state index in [0.29, 0.717) is 11.4 Å². The van der Waals surface area contributed by atoms with Gasteiger partial charge in [-0.15, -0.1) is 0 Å². The van der Waals surface area contributed by atoms with Gasteiger partial charge in [-0.05, 0) is 61.4 Å². The van der Waals surface area contributed by atoms with Gasteiger partial charge < -0.3 is 15.4 Å². The highest BCUT2D eigenvalue weighted by Gasteiger charge is 2.18. The van der Waals surface area contributed by atoms with Crippen LogP contribution in [0.4, 0.5) is 11.4 Å². The van der Waals surface area contributed by atoms with Gasteiger partial charge in [-0.2, -0.15) is 0 Å². The van der Waals surface area contributed by atoms with E-state index in [2.05, 4.69) is 26.6 Å². The normalized spacial score (nSPS) is 11.0. The standard InChI is InChI=1S/C21H23BrN2O6S/c1-13-11-19(14(2)10-18(13)22)24-20(26)12-30-21(27)8-9-31(28,29)17-6-4-16(5-7-17)23-15(3)25/h4-7,10-11H,8-9,12H2,1-3H3,(H,23,25)(H,24,26). The van der Waals surface area contributed by atoms with E-state index < -0.39 is 34.1 Å². The molecule has 0 spiro atoms. The van der Waals surface area contributed by atoms with Crippen molar-refractivity contribution < 1.29 is 27.5 Å². The molecule has 0 saturated carbocycles. The predicted molar refractivity (Wildman–Crippen MR) is 121 cm³/mol. The summed E-state index contributed by atoms with van der Waals surface area (Å²) in [6, 6.07) is 9.28. The van der Waals surface area contributed by atoms with E-state index in [1.54, 1.807) is 6.07 Å². The molecule has 0 saturated heterocycles. The molecule has 0 aromatic heterocycles. The highest BCUT2D eigenvalue weighted by atomic mass is 79.9. The molecule has 2 N–H and O–H groups in total. The molecule has 0 unspecified atom stereocenters. The predicted octanol–water partition coefficient (Wildman–Crippen LogP) is 3.37. The SMILES string of the molecule is CC(=O)Nc1ccc(S(=O)(=O)CCC(=O)OCC(=O)Nc2cc(C)c(Br)cc2C)cc1. The molecule has 0 radical (unpaired) electrons. The largest absolute Gasteiger partial charge is 0.456 e. The number of carbonyl (C=O) groups is 3. The monoisotopic (exact) mass is 510 g/mol. The van der Waals surface area contributed by atoms with Gasteiger partial charge >= 0.3 is 5.97 Å². The molecule has 2 aromatic rings. The molecule has 0 bridgehead atoms. The van der Waals surface area contributed by atoms with Crippen molar-refractivity contribution in [2.75, 3.05) is 23.0 Å². The van der Waals surface area contributed by atoms with Crippen LogP contribution in [-0.4, -0.2) is 38.6 Å². The van der Waals surface area contributed by atoms with E-state index >= 15 is 0 Å². The second-order valence-electron chi connectivity index (χ2n) is 6.90. The summed E-state index contributed by atoms with van der Waals surface area (Å²) in [5.41, 5.74) is 2.85. The summed E-state index contributed by atoms with van der Waals surface area (Å²) in [4.78, 5) is 35.0. The summed E-state index contributed by atoms with van der Waals surface area (Å²) >= 11 is 3.41. The second-order valence-corrected chi connectivity index (χ2v) is 9.86. The number of hydrogen-bond acceptors (Lipinski definition) is 6. The number of amides is 2. The quantitative estimate of drug-likeness (QED) is 0.525. The maximum absolute atomic E-state index is 12.4. The van der Waals surface area contributed by atoms with Crippen molar-refractivity contribution in [2.24, 2.45) is 0 Å². The first kappa shape index (κ1) is 24.5. The van der Waals surface area contributed by atoms with Gasteiger partial charge in [0.2, 0.25) is 5.91 Å². The molecule has 10 heteroatoms. The van der Waals surface area contributed by atoms with E-state index in [0.717, 1.165) is 15.6 Å². The molecule has 0 atom stereocenters. The molecule has 0 aliphatic heterocycles. The van der Waals surface area contributed by atoms with Crippen LogP contribution in [0.5, 0.6) is 0 Å². The van der Waals surface area contributed by atoms with Crippen molar-refractivity contribution in [1.29, 1.82) is 0 Å². The van der Waals surface area contributed by atoms with Gasteiger partial charge in [-0.25, -0.2) is 8.42 Å². The van der Waals surface area contributed by atoms with Crippen LogP contribution in [0.1, 0.15) is 24.5 Å². The Morgan fingerprint density at radius 2 is 1.65 bits per heavy atom. The van der Waals surface area contributed by atoms with Crippen molar-refractivity contribution in [2.45, 2.75) is 32.1 Å². The number of sulfone groups is 1. The van der Waals surface area contributed by atoms with Gasteiger partial charge in [0.25, 0.3) is 5.91 Å². The zero-order valence-corrected chi connectivity index (χ0v) is 19.7. The smallest absolute Gasteiger partial charge is 0.307 e. The number of esters is 1. The lowest BCUT2D eigenvalue weighted by atomic mass is 10.1. The van der Waals surface area contributed by atoms with Crippen molar-refractivity contribution in [3.8, 4) is 0 Å². The minimum absolute atomic E-state index is 0.0215. The number of carbonyl (C=O) groups excluding carboxylic acids is 3. The Morgan fingerprint density at radius 3 is 2.26 bits per heavy atom. The number of aryl methyl sites for hydroxylation is 2. The average Bonchev–Trinajstić information content (AvgIpc) is 2.69. The van der Waals surface area contributed by atoms with E-state index in [4.69, 9.17) is 4.74 Å². The molecule has 2 amide bonds. The summed E-state index contributed by atoms with van der Waals surface area (Å²) in [6.45, 7) is 4.54. The Morgan fingerprint density at radius 1 is 1.00 bits per heavy atom.